The molecule has 1 aromatic carbocycles. The Morgan fingerprint density at radius 1 is 1.40 bits per heavy atom. The molecule has 5 nitrogen and oxygen atoms in total. The quantitative estimate of drug-likeness (QED) is 0.632. The predicted octanol–water partition coefficient (Wildman–Crippen LogP) is 0.904. The standard InChI is InChI=1S/C10H13NO4/c1-5(11)6-3-7(10(14)15-2)9(13)4-8(6)12/h3-5,12-13H,11H2,1-2H3. The number of esters is 1. The highest BCUT2D eigenvalue weighted by atomic mass is 16.5. The molecule has 0 fully saturated rings. The van der Waals surface area contributed by atoms with Gasteiger partial charge < -0.3 is 20.7 Å². The zero-order chi connectivity index (χ0) is 11.6. The lowest BCUT2D eigenvalue weighted by molar-refractivity contribution is 0.0597. The Hall–Kier alpha value is -1.75. The van der Waals surface area contributed by atoms with Crippen LogP contribution in [0.3, 0.4) is 0 Å². The number of carbonyl (C=O) groups excluding carboxylic acids is 1. The van der Waals surface area contributed by atoms with Crippen LogP contribution in [0.25, 0.3) is 0 Å². The maximum atomic E-state index is 11.2. The van der Waals surface area contributed by atoms with Gasteiger partial charge in [0.25, 0.3) is 0 Å². The number of phenolic OH excluding ortho intramolecular Hbond substituents is 2. The molecule has 0 aromatic heterocycles. The smallest absolute Gasteiger partial charge is 0.341 e. The predicted molar refractivity (Wildman–Crippen MR) is 53.7 cm³/mol. The van der Waals surface area contributed by atoms with E-state index in [0.717, 1.165) is 6.07 Å². The summed E-state index contributed by atoms with van der Waals surface area (Å²) >= 11 is 0. The first-order valence-electron chi connectivity index (χ1n) is 4.37. The van der Waals surface area contributed by atoms with Gasteiger partial charge in [-0.15, -0.1) is 0 Å². The van der Waals surface area contributed by atoms with Crippen LogP contribution in [0.1, 0.15) is 28.9 Å². The van der Waals surface area contributed by atoms with E-state index in [1.165, 1.54) is 13.2 Å². The van der Waals surface area contributed by atoms with Crippen LogP contribution in [0.2, 0.25) is 0 Å². The molecule has 0 saturated carbocycles. The van der Waals surface area contributed by atoms with Gasteiger partial charge in [0.1, 0.15) is 17.1 Å². The summed E-state index contributed by atoms with van der Waals surface area (Å²) in [5.74, 6) is -1.15. The van der Waals surface area contributed by atoms with E-state index in [-0.39, 0.29) is 17.1 Å². The third-order valence-corrected chi connectivity index (χ3v) is 2.04. The number of methoxy groups -OCH3 is 1. The molecule has 4 N–H and O–H groups in total. The summed E-state index contributed by atoms with van der Waals surface area (Å²) in [5.41, 5.74) is 5.95. The third kappa shape index (κ3) is 2.19. The molecule has 0 saturated heterocycles. The molecule has 0 amide bonds. The topological polar surface area (TPSA) is 92.8 Å². The molecule has 0 heterocycles. The molecule has 0 aliphatic rings. The van der Waals surface area contributed by atoms with Crippen molar-refractivity contribution >= 4 is 5.97 Å². The largest absolute Gasteiger partial charge is 0.507 e. The van der Waals surface area contributed by atoms with Crippen LogP contribution in [0, 0.1) is 0 Å². The van der Waals surface area contributed by atoms with Crippen LogP contribution in [0.15, 0.2) is 12.1 Å². The van der Waals surface area contributed by atoms with E-state index in [1.54, 1.807) is 6.92 Å². The number of ether oxygens (including phenoxy) is 1. The van der Waals surface area contributed by atoms with E-state index in [1.807, 2.05) is 0 Å². The van der Waals surface area contributed by atoms with Gasteiger partial charge >= 0.3 is 5.97 Å². The fourth-order valence-electron chi connectivity index (χ4n) is 1.23. The Bertz CT molecular complexity index is 387. The van der Waals surface area contributed by atoms with Crippen molar-refractivity contribution < 1.29 is 19.7 Å². The first kappa shape index (κ1) is 11.3. The molecule has 1 unspecified atom stereocenters. The van der Waals surface area contributed by atoms with Crippen molar-refractivity contribution in [2.45, 2.75) is 13.0 Å². The molecule has 1 rings (SSSR count). The number of hydrogen-bond acceptors (Lipinski definition) is 5. The summed E-state index contributed by atoms with van der Waals surface area (Å²) in [6, 6.07) is 1.96. The Labute approximate surface area is 87.1 Å². The Morgan fingerprint density at radius 2 is 2.00 bits per heavy atom. The minimum atomic E-state index is -0.672. The van der Waals surface area contributed by atoms with Gasteiger partial charge in [0.15, 0.2) is 0 Å². The van der Waals surface area contributed by atoms with Crippen LogP contribution in [0.4, 0.5) is 0 Å². The Kier molecular flexibility index (Phi) is 3.16. The summed E-state index contributed by atoms with van der Waals surface area (Å²) in [6.45, 7) is 1.66. The molecule has 0 aliphatic carbocycles. The minimum absolute atomic E-state index is 0.0115. The molecule has 1 aromatic rings. The van der Waals surface area contributed by atoms with Gasteiger partial charge in [-0.2, -0.15) is 0 Å². The lowest BCUT2D eigenvalue weighted by atomic mass is 10.0. The van der Waals surface area contributed by atoms with Gasteiger partial charge in [0, 0.05) is 17.7 Å². The zero-order valence-electron chi connectivity index (χ0n) is 8.52. The van der Waals surface area contributed by atoms with Gasteiger partial charge in [-0.1, -0.05) is 0 Å². The fourth-order valence-corrected chi connectivity index (χ4v) is 1.23. The van der Waals surface area contributed by atoms with Crippen molar-refractivity contribution in [3.63, 3.8) is 0 Å². The monoisotopic (exact) mass is 211 g/mol. The van der Waals surface area contributed by atoms with Gasteiger partial charge in [-0.25, -0.2) is 4.79 Å². The molecule has 0 radical (unpaired) electrons. The molecule has 5 heteroatoms. The van der Waals surface area contributed by atoms with E-state index >= 15 is 0 Å². The highest BCUT2D eigenvalue weighted by Crippen LogP contribution is 2.30. The minimum Gasteiger partial charge on any atom is -0.507 e. The van der Waals surface area contributed by atoms with Gasteiger partial charge in [0.05, 0.1) is 7.11 Å². The normalized spacial score (nSPS) is 12.2. The SMILES string of the molecule is COC(=O)c1cc(C(C)N)c(O)cc1O. The van der Waals surface area contributed by atoms with Crippen molar-refractivity contribution in [2.75, 3.05) is 7.11 Å². The van der Waals surface area contributed by atoms with Gasteiger partial charge in [0.2, 0.25) is 0 Å². The molecular weight excluding hydrogens is 198 g/mol. The van der Waals surface area contributed by atoms with Crippen molar-refractivity contribution in [2.24, 2.45) is 5.73 Å². The maximum absolute atomic E-state index is 11.2. The van der Waals surface area contributed by atoms with E-state index in [4.69, 9.17) is 5.73 Å². The number of nitrogens with two attached hydrogens (primary N) is 1. The number of carbonyl (C=O) groups is 1. The van der Waals surface area contributed by atoms with Gasteiger partial charge in [-0.3, -0.25) is 0 Å². The molecule has 0 aliphatic heterocycles. The number of rotatable bonds is 2. The first-order valence-corrected chi connectivity index (χ1v) is 4.37. The lowest BCUT2D eigenvalue weighted by Crippen LogP contribution is -2.08. The van der Waals surface area contributed by atoms with Crippen LogP contribution >= 0.6 is 0 Å². The summed E-state index contributed by atoms with van der Waals surface area (Å²) in [6.07, 6.45) is 0. The van der Waals surface area contributed by atoms with Crippen LogP contribution in [0.5, 0.6) is 11.5 Å². The Balaban J connectivity index is 3.29. The number of benzene rings is 1. The molecule has 1 atom stereocenters. The van der Waals surface area contributed by atoms with Crippen molar-refractivity contribution in [1.29, 1.82) is 0 Å². The summed E-state index contributed by atoms with van der Waals surface area (Å²) < 4.78 is 4.47. The average molecular weight is 211 g/mol. The second-order valence-electron chi connectivity index (χ2n) is 3.21. The number of aromatic hydroxyl groups is 2. The molecule has 82 valence electrons. The fraction of sp³-hybridized carbons (Fsp3) is 0.300. The van der Waals surface area contributed by atoms with Crippen molar-refractivity contribution in [1.82, 2.24) is 0 Å². The van der Waals surface area contributed by atoms with Crippen molar-refractivity contribution in [3.05, 3.63) is 23.3 Å². The van der Waals surface area contributed by atoms with Crippen molar-refractivity contribution in [3.8, 4) is 11.5 Å². The number of phenols is 2. The molecule has 0 bridgehead atoms. The van der Waals surface area contributed by atoms with E-state index in [9.17, 15) is 15.0 Å². The summed E-state index contributed by atoms with van der Waals surface area (Å²) in [7, 11) is 1.21. The second-order valence-corrected chi connectivity index (χ2v) is 3.21. The highest BCUT2D eigenvalue weighted by molar-refractivity contribution is 5.92. The number of hydrogen-bond donors (Lipinski definition) is 3. The van der Waals surface area contributed by atoms with Gasteiger partial charge in [-0.05, 0) is 13.0 Å². The maximum Gasteiger partial charge on any atom is 0.341 e. The molecule has 15 heavy (non-hydrogen) atoms. The molecule has 0 spiro atoms. The highest BCUT2D eigenvalue weighted by Gasteiger charge is 2.17. The second kappa shape index (κ2) is 4.18. The van der Waals surface area contributed by atoms with Crippen LogP contribution in [-0.2, 0) is 4.74 Å². The lowest BCUT2D eigenvalue weighted by Gasteiger charge is -2.11. The molecular formula is C10H13NO4. The third-order valence-electron chi connectivity index (χ3n) is 2.04. The van der Waals surface area contributed by atoms with E-state index in [2.05, 4.69) is 4.74 Å². The first-order chi connectivity index (χ1) is 6.97. The van der Waals surface area contributed by atoms with Crippen LogP contribution in [-0.4, -0.2) is 23.3 Å². The van der Waals surface area contributed by atoms with E-state index < -0.39 is 12.0 Å². The Morgan fingerprint density at radius 3 is 2.47 bits per heavy atom. The summed E-state index contributed by atoms with van der Waals surface area (Å²) in [4.78, 5) is 11.2. The zero-order valence-corrected chi connectivity index (χ0v) is 8.52. The average Bonchev–Trinajstić information content (AvgIpc) is 2.16. The summed E-state index contributed by atoms with van der Waals surface area (Å²) in [5, 5.41) is 18.8. The van der Waals surface area contributed by atoms with E-state index in [0.29, 0.717) is 5.56 Å². The van der Waals surface area contributed by atoms with Crippen LogP contribution < -0.4 is 5.73 Å².